The minimum absolute atomic E-state index is 0.634. The number of aliphatic hydroxyl groups is 1. The molecule has 2 N–H and O–H groups in total. The highest BCUT2D eigenvalue weighted by Gasteiger charge is 2.30. The van der Waals surface area contributed by atoms with Crippen molar-refractivity contribution in [2.75, 3.05) is 13.1 Å². The molecule has 0 fully saturated rings. The Balaban J connectivity index is 1.63. The number of rotatable bonds is 8. The first kappa shape index (κ1) is 18.4. The Kier molecular flexibility index (Phi) is 6.21. The maximum atomic E-state index is 11.5. The fourth-order valence-electron chi connectivity index (χ4n) is 3.39. The summed E-state index contributed by atoms with van der Waals surface area (Å²) in [5.41, 5.74) is 3.61. The summed E-state index contributed by atoms with van der Waals surface area (Å²) in [7, 11) is 0. The molecule has 0 aliphatic carbocycles. The fraction of sp³-hybridized carbons (Fsp3) is 0.250. The molecule has 0 heterocycles. The van der Waals surface area contributed by atoms with Crippen LogP contribution >= 0.6 is 0 Å². The van der Waals surface area contributed by atoms with E-state index >= 15 is 0 Å². The lowest BCUT2D eigenvalue weighted by molar-refractivity contribution is 0.0712. The minimum Gasteiger partial charge on any atom is -0.380 e. The van der Waals surface area contributed by atoms with E-state index in [2.05, 4.69) is 36.5 Å². The summed E-state index contributed by atoms with van der Waals surface area (Å²) in [4.78, 5) is 0. The van der Waals surface area contributed by atoms with Gasteiger partial charge in [-0.15, -0.1) is 0 Å². The van der Waals surface area contributed by atoms with Crippen LogP contribution < -0.4 is 5.32 Å². The molecule has 3 aromatic carbocycles. The van der Waals surface area contributed by atoms with E-state index in [-0.39, 0.29) is 0 Å². The van der Waals surface area contributed by atoms with Gasteiger partial charge in [-0.2, -0.15) is 0 Å². The zero-order valence-corrected chi connectivity index (χ0v) is 15.4. The van der Waals surface area contributed by atoms with E-state index in [9.17, 15) is 5.11 Å². The van der Waals surface area contributed by atoms with Crippen molar-refractivity contribution in [1.29, 1.82) is 0 Å². The Bertz CT molecular complexity index is 759. The standard InChI is InChI=1S/C24H27NO/c1-20-10-8-9-11-21(20)16-18-25-19-17-24(26,22-12-4-2-5-13-22)23-14-6-3-7-15-23/h2-15,25-26H,16-19H2,1H3. The molecule has 0 saturated heterocycles. The lowest BCUT2D eigenvalue weighted by Gasteiger charge is -2.29. The molecular formula is C24H27NO. The van der Waals surface area contributed by atoms with Crippen molar-refractivity contribution >= 4 is 0 Å². The minimum atomic E-state index is -0.974. The molecule has 0 spiro atoms. The zero-order chi connectivity index (χ0) is 18.2. The predicted octanol–water partition coefficient (Wildman–Crippen LogP) is 4.45. The molecular weight excluding hydrogens is 318 g/mol. The highest BCUT2D eigenvalue weighted by Crippen LogP contribution is 2.32. The van der Waals surface area contributed by atoms with Crippen molar-refractivity contribution in [2.45, 2.75) is 25.4 Å². The first-order valence-electron chi connectivity index (χ1n) is 9.29. The van der Waals surface area contributed by atoms with E-state index in [1.807, 2.05) is 60.7 Å². The molecule has 0 aromatic heterocycles. The third-order valence-corrected chi connectivity index (χ3v) is 5.00. The second-order valence-electron chi connectivity index (χ2n) is 6.77. The van der Waals surface area contributed by atoms with Gasteiger partial charge in [0.2, 0.25) is 0 Å². The molecule has 0 amide bonds. The van der Waals surface area contributed by atoms with Crippen molar-refractivity contribution in [1.82, 2.24) is 5.32 Å². The van der Waals surface area contributed by atoms with E-state index in [1.165, 1.54) is 11.1 Å². The van der Waals surface area contributed by atoms with Crippen molar-refractivity contribution in [3.8, 4) is 0 Å². The molecule has 2 nitrogen and oxygen atoms in total. The summed E-state index contributed by atoms with van der Waals surface area (Å²) in [6.07, 6.45) is 1.64. The van der Waals surface area contributed by atoms with Crippen LogP contribution in [0.5, 0.6) is 0 Å². The average Bonchev–Trinajstić information content (AvgIpc) is 2.70. The normalized spacial score (nSPS) is 11.5. The monoisotopic (exact) mass is 345 g/mol. The summed E-state index contributed by atoms with van der Waals surface area (Å²) in [5, 5.41) is 15.0. The maximum Gasteiger partial charge on any atom is 0.116 e. The summed E-state index contributed by atoms with van der Waals surface area (Å²) >= 11 is 0. The highest BCUT2D eigenvalue weighted by molar-refractivity contribution is 5.35. The van der Waals surface area contributed by atoms with Gasteiger partial charge < -0.3 is 10.4 Å². The Morgan fingerprint density at radius 1 is 0.731 bits per heavy atom. The molecule has 0 atom stereocenters. The lowest BCUT2D eigenvalue weighted by atomic mass is 9.83. The van der Waals surface area contributed by atoms with Gasteiger partial charge in [0.1, 0.15) is 5.60 Å². The van der Waals surface area contributed by atoms with Gasteiger partial charge in [0.15, 0.2) is 0 Å². The van der Waals surface area contributed by atoms with Gasteiger partial charge in [-0.05, 0) is 55.1 Å². The first-order valence-corrected chi connectivity index (χ1v) is 9.29. The number of benzene rings is 3. The molecule has 0 aliphatic heterocycles. The largest absolute Gasteiger partial charge is 0.380 e. The number of hydrogen-bond acceptors (Lipinski definition) is 2. The Hall–Kier alpha value is -2.42. The second kappa shape index (κ2) is 8.79. The summed E-state index contributed by atoms with van der Waals surface area (Å²) in [6, 6.07) is 28.4. The number of hydrogen-bond donors (Lipinski definition) is 2. The van der Waals surface area contributed by atoms with Gasteiger partial charge in [-0.25, -0.2) is 0 Å². The zero-order valence-electron chi connectivity index (χ0n) is 15.4. The Morgan fingerprint density at radius 3 is 1.85 bits per heavy atom. The average molecular weight is 345 g/mol. The van der Waals surface area contributed by atoms with Gasteiger partial charge in [0.05, 0.1) is 0 Å². The molecule has 134 valence electrons. The van der Waals surface area contributed by atoms with Gasteiger partial charge >= 0.3 is 0 Å². The lowest BCUT2D eigenvalue weighted by Crippen LogP contribution is -2.32. The van der Waals surface area contributed by atoms with E-state index < -0.39 is 5.60 Å². The molecule has 0 radical (unpaired) electrons. The highest BCUT2D eigenvalue weighted by atomic mass is 16.3. The maximum absolute atomic E-state index is 11.5. The molecule has 0 aliphatic rings. The van der Waals surface area contributed by atoms with Crippen molar-refractivity contribution in [2.24, 2.45) is 0 Å². The quantitative estimate of drug-likeness (QED) is 0.591. The van der Waals surface area contributed by atoms with Crippen LogP contribution in [0, 0.1) is 6.92 Å². The Morgan fingerprint density at radius 2 is 1.27 bits per heavy atom. The van der Waals surface area contributed by atoms with E-state index in [0.29, 0.717) is 6.42 Å². The molecule has 3 aromatic rings. The van der Waals surface area contributed by atoms with Gasteiger partial charge in [-0.1, -0.05) is 84.9 Å². The van der Waals surface area contributed by atoms with E-state index in [4.69, 9.17) is 0 Å². The van der Waals surface area contributed by atoms with Crippen LogP contribution in [0.2, 0.25) is 0 Å². The van der Waals surface area contributed by atoms with Gasteiger partial charge in [0, 0.05) is 0 Å². The van der Waals surface area contributed by atoms with E-state index in [0.717, 1.165) is 30.6 Å². The smallest absolute Gasteiger partial charge is 0.116 e. The van der Waals surface area contributed by atoms with Crippen molar-refractivity contribution < 1.29 is 5.11 Å². The van der Waals surface area contributed by atoms with Gasteiger partial charge in [-0.3, -0.25) is 0 Å². The summed E-state index contributed by atoms with van der Waals surface area (Å²) in [6.45, 7) is 3.82. The molecule has 0 unspecified atom stereocenters. The second-order valence-corrected chi connectivity index (χ2v) is 6.77. The number of aryl methyl sites for hydroxylation is 1. The summed E-state index contributed by atoms with van der Waals surface area (Å²) in [5.74, 6) is 0. The molecule has 0 bridgehead atoms. The van der Waals surface area contributed by atoms with Crippen molar-refractivity contribution in [3.63, 3.8) is 0 Å². The first-order chi connectivity index (χ1) is 12.7. The fourth-order valence-corrected chi connectivity index (χ4v) is 3.39. The molecule has 26 heavy (non-hydrogen) atoms. The predicted molar refractivity (Wildman–Crippen MR) is 108 cm³/mol. The van der Waals surface area contributed by atoms with Crippen LogP contribution in [-0.4, -0.2) is 18.2 Å². The summed E-state index contributed by atoms with van der Waals surface area (Å²) < 4.78 is 0. The van der Waals surface area contributed by atoms with E-state index in [1.54, 1.807) is 0 Å². The third kappa shape index (κ3) is 4.40. The van der Waals surface area contributed by atoms with Crippen LogP contribution in [0.15, 0.2) is 84.9 Å². The van der Waals surface area contributed by atoms with Crippen LogP contribution in [0.1, 0.15) is 28.7 Å². The van der Waals surface area contributed by atoms with Gasteiger partial charge in [0.25, 0.3) is 0 Å². The van der Waals surface area contributed by atoms with Crippen LogP contribution in [0.4, 0.5) is 0 Å². The molecule has 3 rings (SSSR count). The van der Waals surface area contributed by atoms with Crippen LogP contribution in [0.3, 0.4) is 0 Å². The Labute approximate surface area is 156 Å². The molecule has 0 saturated carbocycles. The molecule has 2 heteroatoms. The van der Waals surface area contributed by atoms with Crippen molar-refractivity contribution in [3.05, 3.63) is 107 Å². The van der Waals surface area contributed by atoms with Crippen LogP contribution in [-0.2, 0) is 12.0 Å². The topological polar surface area (TPSA) is 32.3 Å². The SMILES string of the molecule is Cc1ccccc1CCNCCC(O)(c1ccccc1)c1ccccc1. The third-order valence-electron chi connectivity index (χ3n) is 5.00. The number of nitrogens with one attached hydrogen (secondary N) is 1. The van der Waals surface area contributed by atoms with Crippen LogP contribution in [0.25, 0.3) is 0 Å².